The van der Waals surface area contributed by atoms with Crippen LogP contribution in [0.4, 0.5) is 0 Å². The SMILES string of the molecule is CCCCCCCCCCCC[N+](C)(C)C(Br)c1ccccc1. The molecule has 23 heavy (non-hydrogen) atoms. The maximum atomic E-state index is 3.90. The van der Waals surface area contributed by atoms with Gasteiger partial charge in [0.1, 0.15) is 0 Å². The van der Waals surface area contributed by atoms with E-state index < -0.39 is 0 Å². The third-order valence-corrected chi connectivity index (χ3v) is 6.41. The molecule has 1 unspecified atom stereocenters. The highest BCUT2D eigenvalue weighted by molar-refractivity contribution is 9.09. The largest absolute Gasteiger partial charge is 0.313 e. The molecule has 0 spiro atoms. The van der Waals surface area contributed by atoms with Gasteiger partial charge in [0, 0.05) is 5.56 Å². The number of benzene rings is 1. The van der Waals surface area contributed by atoms with Crippen LogP contribution in [0.5, 0.6) is 0 Å². The van der Waals surface area contributed by atoms with Gasteiger partial charge in [-0.1, -0.05) is 88.6 Å². The fourth-order valence-corrected chi connectivity index (χ4v) is 3.65. The quantitative estimate of drug-likeness (QED) is 0.148. The smallest absolute Gasteiger partial charge is 0.169 e. The lowest BCUT2D eigenvalue weighted by Gasteiger charge is -2.35. The number of halogens is 1. The molecular formula is C21H37BrN+. The third-order valence-electron chi connectivity index (χ3n) is 4.78. The number of rotatable bonds is 13. The van der Waals surface area contributed by atoms with E-state index in [1.807, 2.05) is 0 Å². The molecule has 2 heteroatoms. The summed E-state index contributed by atoms with van der Waals surface area (Å²) < 4.78 is 1.01. The molecule has 0 aromatic heterocycles. The molecule has 0 fully saturated rings. The van der Waals surface area contributed by atoms with Gasteiger partial charge in [-0.3, -0.25) is 0 Å². The Kier molecular flexibility index (Phi) is 10.9. The van der Waals surface area contributed by atoms with Gasteiger partial charge in [0.15, 0.2) is 4.95 Å². The minimum atomic E-state index is 0.391. The van der Waals surface area contributed by atoms with Crippen molar-refractivity contribution in [3.05, 3.63) is 35.9 Å². The van der Waals surface area contributed by atoms with Crippen LogP contribution in [-0.2, 0) is 0 Å². The van der Waals surface area contributed by atoms with Crippen LogP contribution in [0, 0.1) is 0 Å². The zero-order valence-electron chi connectivity index (χ0n) is 15.6. The van der Waals surface area contributed by atoms with Gasteiger partial charge < -0.3 is 4.48 Å². The summed E-state index contributed by atoms with van der Waals surface area (Å²) in [6.45, 7) is 3.52. The van der Waals surface area contributed by atoms with Crippen molar-refractivity contribution in [3.63, 3.8) is 0 Å². The van der Waals surface area contributed by atoms with Gasteiger partial charge in [0.05, 0.1) is 20.6 Å². The first-order valence-corrected chi connectivity index (χ1v) is 10.5. The van der Waals surface area contributed by atoms with E-state index in [2.05, 4.69) is 67.3 Å². The molecule has 0 aliphatic carbocycles. The number of hydrogen-bond acceptors (Lipinski definition) is 0. The first kappa shape index (κ1) is 20.7. The molecule has 0 aliphatic heterocycles. The second-order valence-electron chi connectivity index (χ2n) is 7.43. The highest BCUT2D eigenvalue weighted by atomic mass is 79.9. The molecule has 1 aromatic rings. The first-order chi connectivity index (χ1) is 11.1. The fourth-order valence-electron chi connectivity index (χ4n) is 3.14. The molecule has 0 heterocycles. The number of nitrogens with zero attached hydrogens (tertiary/aromatic N) is 1. The Morgan fingerprint density at radius 3 is 1.78 bits per heavy atom. The monoisotopic (exact) mass is 382 g/mol. The molecule has 0 saturated heterocycles. The standard InChI is InChI=1S/C21H37BrN/c1-4-5-6-7-8-9-10-11-12-16-19-23(2,3)21(22)20-17-14-13-15-18-20/h13-15,17-18,21H,4-12,16,19H2,1-3H3/q+1. The maximum Gasteiger partial charge on any atom is 0.169 e. The molecule has 0 aliphatic rings. The number of alkyl halides is 1. The molecule has 1 rings (SSSR count). The predicted octanol–water partition coefficient (Wildman–Crippen LogP) is 7.08. The molecular weight excluding hydrogens is 346 g/mol. The summed E-state index contributed by atoms with van der Waals surface area (Å²) >= 11 is 3.90. The van der Waals surface area contributed by atoms with E-state index in [1.165, 1.54) is 76.3 Å². The number of hydrogen-bond donors (Lipinski definition) is 0. The Balaban J connectivity index is 2.10. The van der Waals surface area contributed by atoms with E-state index in [9.17, 15) is 0 Å². The van der Waals surface area contributed by atoms with Crippen LogP contribution >= 0.6 is 15.9 Å². The molecule has 132 valence electrons. The number of quaternary nitrogens is 1. The lowest BCUT2D eigenvalue weighted by Crippen LogP contribution is -2.41. The summed E-state index contributed by atoms with van der Waals surface area (Å²) in [5.74, 6) is 0. The highest BCUT2D eigenvalue weighted by Gasteiger charge is 2.26. The molecule has 0 bridgehead atoms. The Labute approximate surface area is 153 Å². The average molecular weight is 383 g/mol. The van der Waals surface area contributed by atoms with Gasteiger partial charge in [-0.2, -0.15) is 0 Å². The highest BCUT2D eigenvalue weighted by Crippen LogP contribution is 2.31. The van der Waals surface area contributed by atoms with Crippen molar-refractivity contribution in [2.75, 3.05) is 20.6 Å². The Hall–Kier alpha value is -0.340. The van der Waals surface area contributed by atoms with Crippen LogP contribution in [0.15, 0.2) is 30.3 Å². The van der Waals surface area contributed by atoms with Crippen molar-refractivity contribution in [1.29, 1.82) is 0 Å². The van der Waals surface area contributed by atoms with Crippen LogP contribution in [0.3, 0.4) is 0 Å². The van der Waals surface area contributed by atoms with Gasteiger partial charge >= 0.3 is 0 Å². The minimum Gasteiger partial charge on any atom is -0.313 e. The summed E-state index contributed by atoms with van der Waals surface area (Å²) in [6.07, 6.45) is 14.1. The van der Waals surface area contributed by atoms with Crippen LogP contribution < -0.4 is 0 Å². The molecule has 0 saturated carbocycles. The summed E-state index contributed by atoms with van der Waals surface area (Å²) in [6, 6.07) is 10.8. The Bertz CT molecular complexity index is 388. The van der Waals surface area contributed by atoms with Crippen molar-refractivity contribution in [1.82, 2.24) is 0 Å². The van der Waals surface area contributed by atoms with Gasteiger partial charge in [0.2, 0.25) is 0 Å². The van der Waals surface area contributed by atoms with E-state index in [4.69, 9.17) is 0 Å². The van der Waals surface area contributed by atoms with E-state index >= 15 is 0 Å². The first-order valence-electron chi connectivity index (χ1n) is 9.59. The lowest BCUT2D eigenvalue weighted by atomic mass is 10.1. The second kappa shape index (κ2) is 12.1. The molecule has 0 amide bonds. The predicted molar refractivity (Wildman–Crippen MR) is 107 cm³/mol. The lowest BCUT2D eigenvalue weighted by molar-refractivity contribution is -0.904. The van der Waals surface area contributed by atoms with Crippen LogP contribution in [0.1, 0.15) is 81.6 Å². The normalized spacial score (nSPS) is 13.2. The third kappa shape index (κ3) is 8.91. The molecule has 1 atom stereocenters. The maximum absolute atomic E-state index is 3.90. The van der Waals surface area contributed by atoms with Crippen LogP contribution in [-0.4, -0.2) is 25.1 Å². The van der Waals surface area contributed by atoms with Crippen molar-refractivity contribution in [2.45, 2.75) is 76.1 Å². The Morgan fingerprint density at radius 2 is 1.26 bits per heavy atom. The molecule has 1 nitrogen and oxygen atoms in total. The zero-order chi connectivity index (χ0) is 17.0. The number of unbranched alkanes of at least 4 members (excludes halogenated alkanes) is 9. The summed E-state index contributed by atoms with van der Waals surface area (Å²) in [5.41, 5.74) is 1.38. The summed E-state index contributed by atoms with van der Waals surface area (Å²) in [7, 11) is 4.67. The van der Waals surface area contributed by atoms with Crippen LogP contribution in [0.25, 0.3) is 0 Å². The van der Waals surface area contributed by atoms with Gasteiger partial charge in [0.25, 0.3) is 0 Å². The summed E-state index contributed by atoms with van der Waals surface area (Å²) in [4.78, 5) is 0.391. The Morgan fingerprint density at radius 1 is 0.783 bits per heavy atom. The van der Waals surface area contributed by atoms with Crippen molar-refractivity contribution >= 4 is 15.9 Å². The van der Waals surface area contributed by atoms with E-state index in [0.717, 1.165) is 4.48 Å². The average Bonchev–Trinajstić information content (AvgIpc) is 2.56. The fraction of sp³-hybridized carbons (Fsp3) is 0.714. The zero-order valence-corrected chi connectivity index (χ0v) is 17.2. The van der Waals surface area contributed by atoms with Crippen molar-refractivity contribution in [2.24, 2.45) is 0 Å². The topological polar surface area (TPSA) is 0 Å². The van der Waals surface area contributed by atoms with Crippen molar-refractivity contribution < 1.29 is 4.48 Å². The van der Waals surface area contributed by atoms with E-state index in [-0.39, 0.29) is 0 Å². The molecule has 1 aromatic carbocycles. The van der Waals surface area contributed by atoms with Gasteiger partial charge in [-0.25, -0.2) is 0 Å². The van der Waals surface area contributed by atoms with Crippen molar-refractivity contribution in [3.8, 4) is 0 Å². The van der Waals surface area contributed by atoms with E-state index in [0.29, 0.717) is 4.95 Å². The van der Waals surface area contributed by atoms with Gasteiger partial charge in [-0.05, 0) is 28.8 Å². The summed E-state index contributed by atoms with van der Waals surface area (Å²) in [5, 5.41) is 0. The minimum absolute atomic E-state index is 0.391. The van der Waals surface area contributed by atoms with E-state index in [1.54, 1.807) is 0 Å². The second-order valence-corrected chi connectivity index (χ2v) is 8.30. The van der Waals surface area contributed by atoms with Crippen LogP contribution in [0.2, 0.25) is 0 Å². The molecule has 0 radical (unpaired) electrons. The van der Waals surface area contributed by atoms with Gasteiger partial charge in [-0.15, -0.1) is 0 Å². The molecule has 0 N–H and O–H groups in total.